The molecule has 5 heteroatoms. The first-order chi connectivity index (χ1) is 9.18. The van der Waals surface area contributed by atoms with Gasteiger partial charge in [0, 0.05) is 18.4 Å². The highest BCUT2D eigenvalue weighted by molar-refractivity contribution is 5.94. The van der Waals surface area contributed by atoms with Crippen LogP contribution in [0.5, 0.6) is 0 Å². The van der Waals surface area contributed by atoms with E-state index in [1.54, 1.807) is 18.3 Å². The highest BCUT2D eigenvalue weighted by Gasteiger charge is 2.30. The molecule has 5 nitrogen and oxygen atoms in total. The topological polar surface area (TPSA) is 79.3 Å². The van der Waals surface area contributed by atoms with Crippen molar-refractivity contribution < 1.29 is 14.7 Å². The summed E-state index contributed by atoms with van der Waals surface area (Å²) in [5, 5.41) is 12.1. The Balaban J connectivity index is 2.06. The summed E-state index contributed by atoms with van der Waals surface area (Å²) in [6.07, 6.45) is 7.35. The summed E-state index contributed by atoms with van der Waals surface area (Å²) in [6.45, 7) is 0. The summed E-state index contributed by atoms with van der Waals surface area (Å²) >= 11 is 0. The van der Waals surface area contributed by atoms with E-state index in [-0.39, 0.29) is 11.9 Å². The molecule has 1 amide bonds. The van der Waals surface area contributed by atoms with E-state index in [0.29, 0.717) is 12.0 Å². The number of rotatable bonds is 3. The van der Waals surface area contributed by atoms with Crippen molar-refractivity contribution in [2.45, 2.75) is 38.1 Å². The van der Waals surface area contributed by atoms with Gasteiger partial charge in [-0.15, -0.1) is 0 Å². The van der Waals surface area contributed by atoms with E-state index in [1.807, 2.05) is 0 Å². The molecule has 1 saturated carbocycles. The predicted molar refractivity (Wildman–Crippen MR) is 69.7 cm³/mol. The van der Waals surface area contributed by atoms with Crippen LogP contribution in [0.3, 0.4) is 0 Å². The lowest BCUT2D eigenvalue weighted by Gasteiger charge is -2.22. The first kappa shape index (κ1) is 13.5. The van der Waals surface area contributed by atoms with E-state index >= 15 is 0 Å². The number of carbonyl (C=O) groups is 2. The second-order valence-corrected chi connectivity index (χ2v) is 4.90. The lowest BCUT2D eigenvalue weighted by atomic mass is 9.94. The van der Waals surface area contributed by atoms with Gasteiger partial charge in [-0.25, -0.2) is 0 Å². The molecule has 0 radical (unpaired) electrons. The number of aromatic nitrogens is 1. The Hall–Kier alpha value is -1.91. The molecule has 0 unspecified atom stereocenters. The van der Waals surface area contributed by atoms with E-state index in [1.165, 1.54) is 6.20 Å². The zero-order valence-corrected chi connectivity index (χ0v) is 10.7. The van der Waals surface area contributed by atoms with Gasteiger partial charge in [0.15, 0.2) is 0 Å². The molecule has 2 rings (SSSR count). The van der Waals surface area contributed by atoms with Crippen molar-refractivity contribution in [2.75, 3.05) is 0 Å². The number of carboxylic acid groups (broad SMARTS) is 1. The zero-order valence-electron chi connectivity index (χ0n) is 10.7. The van der Waals surface area contributed by atoms with E-state index in [2.05, 4.69) is 10.3 Å². The molecule has 1 aliphatic rings. The lowest BCUT2D eigenvalue weighted by molar-refractivity contribution is -0.142. The van der Waals surface area contributed by atoms with Gasteiger partial charge >= 0.3 is 5.97 Å². The molecule has 1 heterocycles. The third-order valence-electron chi connectivity index (χ3n) is 3.57. The Morgan fingerprint density at radius 1 is 1.26 bits per heavy atom. The standard InChI is InChI=1S/C14H18N2O3/c17-13(10-5-4-8-15-9-10)16-12-7-3-1-2-6-11(12)14(18)19/h4-5,8-9,11-12H,1-3,6-7H2,(H,16,17)(H,18,19)/t11-,12-/m0/s1. The lowest BCUT2D eigenvalue weighted by Crippen LogP contribution is -2.42. The van der Waals surface area contributed by atoms with Gasteiger partial charge in [-0.05, 0) is 25.0 Å². The highest BCUT2D eigenvalue weighted by atomic mass is 16.4. The van der Waals surface area contributed by atoms with Gasteiger partial charge in [0.2, 0.25) is 0 Å². The van der Waals surface area contributed by atoms with E-state index in [4.69, 9.17) is 0 Å². The number of aliphatic carboxylic acids is 1. The highest BCUT2D eigenvalue weighted by Crippen LogP contribution is 2.24. The Morgan fingerprint density at radius 3 is 2.74 bits per heavy atom. The maximum absolute atomic E-state index is 12.0. The fourth-order valence-electron chi connectivity index (χ4n) is 2.52. The van der Waals surface area contributed by atoms with Gasteiger partial charge in [0.25, 0.3) is 5.91 Å². The summed E-state index contributed by atoms with van der Waals surface area (Å²) < 4.78 is 0. The van der Waals surface area contributed by atoms with Crippen molar-refractivity contribution in [3.63, 3.8) is 0 Å². The first-order valence-electron chi connectivity index (χ1n) is 6.62. The van der Waals surface area contributed by atoms with Crippen LogP contribution in [0, 0.1) is 5.92 Å². The summed E-state index contributed by atoms with van der Waals surface area (Å²) in [4.78, 5) is 27.2. The molecule has 1 aromatic heterocycles. The molecule has 0 aliphatic heterocycles. The molecule has 0 saturated heterocycles. The Bertz CT molecular complexity index is 447. The quantitative estimate of drug-likeness (QED) is 0.815. The van der Waals surface area contributed by atoms with Gasteiger partial charge < -0.3 is 10.4 Å². The zero-order chi connectivity index (χ0) is 13.7. The van der Waals surface area contributed by atoms with E-state index in [0.717, 1.165) is 25.7 Å². The van der Waals surface area contributed by atoms with Crippen molar-refractivity contribution in [1.82, 2.24) is 10.3 Å². The monoisotopic (exact) mass is 262 g/mol. The molecule has 1 aliphatic carbocycles. The minimum Gasteiger partial charge on any atom is -0.481 e. The first-order valence-corrected chi connectivity index (χ1v) is 6.62. The third-order valence-corrected chi connectivity index (χ3v) is 3.57. The SMILES string of the molecule is O=C(N[C@H]1CCCCC[C@@H]1C(=O)O)c1cccnc1. The van der Waals surface area contributed by atoms with Gasteiger partial charge in [-0.1, -0.05) is 19.3 Å². The molecule has 2 N–H and O–H groups in total. The summed E-state index contributed by atoms with van der Waals surface area (Å²) in [5.41, 5.74) is 0.468. The van der Waals surface area contributed by atoms with Crippen LogP contribution < -0.4 is 5.32 Å². The number of hydrogen-bond acceptors (Lipinski definition) is 3. The van der Waals surface area contributed by atoms with Crippen LogP contribution in [-0.2, 0) is 4.79 Å². The molecular formula is C14H18N2O3. The van der Waals surface area contributed by atoms with Crippen LogP contribution in [0.15, 0.2) is 24.5 Å². The molecular weight excluding hydrogens is 244 g/mol. The Labute approximate surface area is 112 Å². The molecule has 0 spiro atoms. The normalized spacial score (nSPS) is 23.4. The summed E-state index contributed by atoms with van der Waals surface area (Å²) in [6, 6.07) is 3.08. The van der Waals surface area contributed by atoms with Crippen LogP contribution in [0.25, 0.3) is 0 Å². The number of nitrogens with zero attached hydrogens (tertiary/aromatic N) is 1. The fraction of sp³-hybridized carbons (Fsp3) is 0.500. The van der Waals surface area contributed by atoms with Crippen LogP contribution in [0.2, 0.25) is 0 Å². The summed E-state index contributed by atoms with van der Waals surface area (Å²) in [7, 11) is 0. The van der Waals surface area contributed by atoms with Gasteiger partial charge in [-0.3, -0.25) is 14.6 Å². The molecule has 1 fully saturated rings. The number of pyridine rings is 1. The van der Waals surface area contributed by atoms with Crippen molar-refractivity contribution >= 4 is 11.9 Å². The van der Waals surface area contributed by atoms with E-state index in [9.17, 15) is 14.7 Å². The molecule has 0 aromatic carbocycles. The van der Waals surface area contributed by atoms with Crippen LogP contribution in [0.1, 0.15) is 42.5 Å². The second kappa shape index (κ2) is 6.31. The molecule has 1 aromatic rings. The van der Waals surface area contributed by atoms with Crippen LogP contribution >= 0.6 is 0 Å². The summed E-state index contributed by atoms with van der Waals surface area (Å²) in [5.74, 6) is -1.55. The maximum Gasteiger partial charge on any atom is 0.308 e. The Kier molecular flexibility index (Phi) is 4.49. The molecule has 0 bridgehead atoms. The number of hydrogen-bond donors (Lipinski definition) is 2. The predicted octanol–water partition coefficient (Wildman–Crippen LogP) is 1.84. The number of carboxylic acids is 1. The fourth-order valence-corrected chi connectivity index (χ4v) is 2.52. The van der Waals surface area contributed by atoms with Gasteiger partial charge in [0.1, 0.15) is 0 Å². The third kappa shape index (κ3) is 3.53. The Morgan fingerprint density at radius 2 is 2.05 bits per heavy atom. The second-order valence-electron chi connectivity index (χ2n) is 4.90. The van der Waals surface area contributed by atoms with Gasteiger partial charge in [-0.2, -0.15) is 0 Å². The van der Waals surface area contributed by atoms with E-state index < -0.39 is 11.9 Å². The maximum atomic E-state index is 12.0. The number of nitrogens with one attached hydrogen (secondary N) is 1. The minimum atomic E-state index is -0.821. The largest absolute Gasteiger partial charge is 0.481 e. The minimum absolute atomic E-state index is 0.244. The van der Waals surface area contributed by atoms with Crippen molar-refractivity contribution in [3.8, 4) is 0 Å². The molecule has 102 valence electrons. The van der Waals surface area contributed by atoms with Crippen molar-refractivity contribution in [1.29, 1.82) is 0 Å². The van der Waals surface area contributed by atoms with Crippen molar-refractivity contribution in [2.24, 2.45) is 5.92 Å². The smallest absolute Gasteiger partial charge is 0.308 e. The number of carbonyl (C=O) groups excluding carboxylic acids is 1. The average molecular weight is 262 g/mol. The molecule has 2 atom stereocenters. The average Bonchev–Trinajstić information content (AvgIpc) is 2.65. The van der Waals surface area contributed by atoms with Gasteiger partial charge in [0.05, 0.1) is 11.5 Å². The number of amides is 1. The molecule has 19 heavy (non-hydrogen) atoms. The van der Waals surface area contributed by atoms with Crippen LogP contribution in [-0.4, -0.2) is 28.0 Å². The van der Waals surface area contributed by atoms with Crippen molar-refractivity contribution in [3.05, 3.63) is 30.1 Å². The van der Waals surface area contributed by atoms with Crippen LogP contribution in [0.4, 0.5) is 0 Å².